The fourth-order valence-electron chi connectivity index (χ4n) is 2.02. The van der Waals surface area contributed by atoms with E-state index in [9.17, 15) is 0 Å². The Morgan fingerprint density at radius 3 is 1.93 bits per heavy atom. The van der Waals surface area contributed by atoms with Crippen molar-refractivity contribution in [2.75, 3.05) is 13.2 Å². The van der Waals surface area contributed by atoms with E-state index in [1.165, 1.54) is 0 Å². The molecular weight excluding hydrogens is 180 g/mol. The maximum absolute atomic E-state index is 8.26. The average molecular weight is 194 g/mol. The number of ether oxygens (including phenoxy) is 2. The van der Waals surface area contributed by atoms with Crippen molar-refractivity contribution in [3.63, 3.8) is 0 Å². The lowest BCUT2D eigenvalue weighted by Gasteiger charge is -2.26. The Balaban J connectivity index is 2.22. The highest BCUT2D eigenvalue weighted by Crippen LogP contribution is 2.29. The topological polar surface area (TPSA) is 66.0 Å². The Morgan fingerprint density at radius 1 is 1.00 bits per heavy atom. The summed E-state index contributed by atoms with van der Waals surface area (Å²) in [5.74, 6) is 0.909. The molecule has 4 heteroatoms. The van der Waals surface area contributed by atoms with Crippen LogP contribution in [0.25, 0.3) is 0 Å². The number of nitrogens with zero attached hydrogens (tertiary/aromatic N) is 2. The van der Waals surface area contributed by atoms with Gasteiger partial charge in [-0.05, 0) is 31.1 Å². The summed E-state index contributed by atoms with van der Waals surface area (Å²) in [6.45, 7) is 1.03. The highest BCUT2D eigenvalue weighted by molar-refractivity contribution is 4.74. The molecule has 1 aliphatic rings. The van der Waals surface area contributed by atoms with E-state index in [0.717, 1.165) is 25.7 Å². The molecule has 2 atom stereocenters. The van der Waals surface area contributed by atoms with Crippen molar-refractivity contribution < 1.29 is 9.47 Å². The first kappa shape index (κ1) is 10.7. The van der Waals surface area contributed by atoms with Gasteiger partial charge < -0.3 is 9.47 Å². The highest BCUT2D eigenvalue weighted by Gasteiger charge is 2.22. The first-order valence-corrected chi connectivity index (χ1v) is 4.88. The smallest absolute Gasteiger partial charge is 0.286 e. The highest BCUT2D eigenvalue weighted by atomic mass is 16.5. The first-order chi connectivity index (χ1) is 6.86. The van der Waals surface area contributed by atoms with Crippen LogP contribution in [0.3, 0.4) is 0 Å². The normalized spacial score (nSPS) is 25.9. The summed E-state index contributed by atoms with van der Waals surface area (Å²) in [6.07, 6.45) is 7.75. The molecule has 0 heterocycles. The lowest BCUT2D eigenvalue weighted by molar-refractivity contribution is 0.115. The molecule has 0 N–H and O–H groups in total. The SMILES string of the molecule is N#COCC1CCCC(COC#N)C1. The van der Waals surface area contributed by atoms with Crippen LogP contribution in [0.15, 0.2) is 0 Å². The molecule has 0 aromatic rings. The Hall–Kier alpha value is -1.42. The van der Waals surface area contributed by atoms with E-state index in [4.69, 9.17) is 20.0 Å². The Labute approximate surface area is 84.0 Å². The van der Waals surface area contributed by atoms with Crippen molar-refractivity contribution >= 4 is 0 Å². The molecule has 0 aromatic carbocycles. The van der Waals surface area contributed by atoms with E-state index in [-0.39, 0.29) is 0 Å². The van der Waals surface area contributed by atoms with Crippen LogP contribution >= 0.6 is 0 Å². The molecule has 14 heavy (non-hydrogen) atoms. The predicted molar refractivity (Wildman–Crippen MR) is 48.6 cm³/mol. The fraction of sp³-hybridized carbons (Fsp3) is 0.800. The zero-order valence-electron chi connectivity index (χ0n) is 8.11. The van der Waals surface area contributed by atoms with Gasteiger partial charge in [0.15, 0.2) is 0 Å². The summed E-state index contributed by atoms with van der Waals surface area (Å²) in [5.41, 5.74) is 0. The number of rotatable bonds is 4. The molecular formula is C10H14N2O2. The second-order valence-corrected chi connectivity index (χ2v) is 3.70. The van der Waals surface area contributed by atoms with Crippen molar-refractivity contribution in [2.24, 2.45) is 11.8 Å². The second kappa shape index (κ2) is 6.10. The van der Waals surface area contributed by atoms with Crippen LogP contribution in [0.1, 0.15) is 25.7 Å². The summed E-state index contributed by atoms with van der Waals surface area (Å²) >= 11 is 0. The molecule has 0 bridgehead atoms. The van der Waals surface area contributed by atoms with E-state index >= 15 is 0 Å². The van der Waals surface area contributed by atoms with Crippen LogP contribution in [0, 0.1) is 34.9 Å². The van der Waals surface area contributed by atoms with Gasteiger partial charge in [0.25, 0.3) is 12.5 Å². The predicted octanol–water partition coefficient (Wildman–Crippen LogP) is 1.79. The molecule has 0 spiro atoms. The van der Waals surface area contributed by atoms with Gasteiger partial charge in [0, 0.05) is 0 Å². The van der Waals surface area contributed by atoms with Crippen molar-refractivity contribution in [1.82, 2.24) is 0 Å². The summed E-state index contributed by atoms with van der Waals surface area (Å²) < 4.78 is 9.45. The summed E-state index contributed by atoms with van der Waals surface area (Å²) in [5, 5.41) is 16.5. The quantitative estimate of drug-likeness (QED) is 0.640. The van der Waals surface area contributed by atoms with Crippen molar-refractivity contribution in [2.45, 2.75) is 25.7 Å². The monoisotopic (exact) mass is 194 g/mol. The molecule has 0 amide bonds. The average Bonchev–Trinajstić information content (AvgIpc) is 2.24. The Morgan fingerprint density at radius 2 is 1.50 bits per heavy atom. The van der Waals surface area contributed by atoms with Crippen molar-refractivity contribution in [1.29, 1.82) is 10.5 Å². The van der Waals surface area contributed by atoms with Crippen LogP contribution in [-0.2, 0) is 9.47 Å². The molecule has 1 fully saturated rings. The molecule has 0 aliphatic heterocycles. The van der Waals surface area contributed by atoms with Gasteiger partial charge in [-0.1, -0.05) is 6.42 Å². The largest absolute Gasteiger partial charge is 0.427 e. The van der Waals surface area contributed by atoms with E-state index in [2.05, 4.69) is 0 Å². The van der Waals surface area contributed by atoms with Crippen LogP contribution in [-0.4, -0.2) is 13.2 Å². The minimum absolute atomic E-state index is 0.454. The maximum atomic E-state index is 8.26. The summed E-state index contributed by atoms with van der Waals surface area (Å²) in [7, 11) is 0. The minimum atomic E-state index is 0.454. The zero-order chi connectivity index (χ0) is 10.2. The van der Waals surface area contributed by atoms with Gasteiger partial charge in [0.1, 0.15) is 13.2 Å². The first-order valence-electron chi connectivity index (χ1n) is 4.88. The van der Waals surface area contributed by atoms with Gasteiger partial charge in [0.05, 0.1) is 0 Å². The van der Waals surface area contributed by atoms with E-state index in [1.54, 1.807) is 12.5 Å². The fourth-order valence-corrected chi connectivity index (χ4v) is 2.02. The second-order valence-electron chi connectivity index (χ2n) is 3.70. The molecule has 76 valence electrons. The standard InChI is InChI=1S/C10H14N2O2/c11-7-13-5-9-2-1-3-10(4-9)6-14-8-12/h9-10H,1-6H2. The third-order valence-corrected chi connectivity index (χ3v) is 2.66. The van der Waals surface area contributed by atoms with Crippen molar-refractivity contribution in [3.05, 3.63) is 0 Å². The minimum Gasteiger partial charge on any atom is -0.427 e. The molecule has 1 saturated carbocycles. The van der Waals surface area contributed by atoms with E-state index in [0.29, 0.717) is 25.0 Å². The van der Waals surface area contributed by atoms with E-state index in [1.807, 2.05) is 0 Å². The Bertz CT molecular complexity index is 217. The molecule has 2 unspecified atom stereocenters. The molecule has 4 nitrogen and oxygen atoms in total. The molecule has 0 aromatic heterocycles. The van der Waals surface area contributed by atoms with Gasteiger partial charge in [-0.15, -0.1) is 0 Å². The number of hydrogen-bond acceptors (Lipinski definition) is 4. The van der Waals surface area contributed by atoms with Gasteiger partial charge in [0.2, 0.25) is 0 Å². The van der Waals surface area contributed by atoms with Crippen LogP contribution in [0.4, 0.5) is 0 Å². The Kier molecular flexibility index (Phi) is 4.64. The maximum Gasteiger partial charge on any atom is 0.286 e. The van der Waals surface area contributed by atoms with Gasteiger partial charge in [-0.2, -0.15) is 10.5 Å². The van der Waals surface area contributed by atoms with Gasteiger partial charge >= 0.3 is 0 Å². The molecule has 1 aliphatic carbocycles. The van der Waals surface area contributed by atoms with Crippen molar-refractivity contribution in [3.8, 4) is 12.5 Å². The number of hydrogen-bond donors (Lipinski definition) is 0. The third-order valence-electron chi connectivity index (χ3n) is 2.66. The third kappa shape index (κ3) is 3.53. The lowest BCUT2D eigenvalue weighted by Crippen LogP contribution is -2.22. The molecule has 0 radical (unpaired) electrons. The van der Waals surface area contributed by atoms with Gasteiger partial charge in [-0.3, -0.25) is 0 Å². The number of nitriles is 2. The van der Waals surface area contributed by atoms with Crippen LogP contribution < -0.4 is 0 Å². The lowest BCUT2D eigenvalue weighted by atomic mass is 9.82. The van der Waals surface area contributed by atoms with Gasteiger partial charge in [-0.25, -0.2) is 0 Å². The summed E-state index contributed by atoms with van der Waals surface area (Å²) in [4.78, 5) is 0. The zero-order valence-corrected chi connectivity index (χ0v) is 8.11. The summed E-state index contributed by atoms with van der Waals surface area (Å²) in [6, 6.07) is 0. The molecule has 0 saturated heterocycles. The van der Waals surface area contributed by atoms with Crippen LogP contribution in [0.5, 0.6) is 0 Å². The van der Waals surface area contributed by atoms with Crippen LogP contribution in [0.2, 0.25) is 0 Å². The molecule has 1 rings (SSSR count). The van der Waals surface area contributed by atoms with E-state index < -0.39 is 0 Å².